The first-order valence-corrected chi connectivity index (χ1v) is 3.96. The Bertz CT molecular complexity index is 197. The minimum Gasteiger partial charge on any atom is -0.258 e. The highest BCUT2D eigenvalue weighted by Crippen LogP contribution is 2.16. The highest BCUT2D eigenvalue weighted by atomic mass is 79.9. The molecule has 0 radical (unpaired) electrons. The first-order valence-electron chi connectivity index (χ1n) is 3.04. The molecule has 0 saturated carbocycles. The highest BCUT2D eigenvalue weighted by Gasteiger charge is 2.32. The zero-order chi connectivity index (χ0) is 8.43. The molecule has 1 heterocycles. The third-order valence-corrected chi connectivity index (χ3v) is 2.19. The number of nitrogens with zero attached hydrogens (tertiary/aromatic N) is 4. The van der Waals surface area contributed by atoms with Gasteiger partial charge in [0.15, 0.2) is 11.4 Å². The third-order valence-electron chi connectivity index (χ3n) is 1.30. The first kappa shape index (κ1) is 8.25. The van der Waals surface area contributed by atoms with Crippen molar-refractivity contribution in [3.05, 3.63) is 10.1 Å². The molecular weight excluding hydrogens is 216 g/mol. The van der Waals surface area contributed by atoms with Gasteiger partial charge in [-0.1, -0.05) is 0 Å². The summed E-state index contributed by atoms with van der Waals surface area (Å²) in [4.78, 5) is 10.3. The molecule has 11 heavy (non-hydrogen) atoms. The Labute approximate surface area is 71.7 Å². The van der Waals surface area contributed by atoms with E-state index in [2.05, 4.69) is 21.0 Å². The van der Waals surface area contributed by atoms with Crippen LogP contribution in [0.15, 0.2) is 5.10 Å². The van der Waals surface area contributed by atoms with Crippen molar-refractivity contribution in [3.63, 3.8) is 0 Å². The molecule has 62 valence electrons. The summed E-state index contributed by atoms with van der Waals surface area (Å²) in [6.45, 7) is 2.51. The lowest BCUT2D eigenvalue weighted by Gasteiger charge is -2.16. The zero-order valence-corrected chi connectivity index (χ0v) is 7.43. The second-order valence-electron chi connectivity index (χ2n) is 1.92. The van der Waals surface area contributed by atoms with E-state index in [0.29, 0.717) is 6.54 Å². The van der Waals surface area contributed by atoms with Crippen molar-refractivity contribution in [1.29, 1.82) is 0 Å². The summed E-state index contributed by atoms with van der Waals surface area (Å²) in [6, 6.07) is 0. The van der Waals surface area contributed by atoms with E-state index in [1.54, 1.807) is 5.01 Å². The van der Waals surface area contributed by atoms with Gasteiger partial charge in [-0.2, -0.15) is 5.10 Å². The van der Waals surface area contributed by atoms with E-state index in [0.717, 1.165) is 5.01 Å². The van der Waals surface area contributed by atoms with Gasteiger partial charge in [-0.15, -0.1) is 0 Å². The van der Waals surface area contributed by atoms with Crippen molar-refractivity contribution >= 4 is 22.3 Å². The molecule has 1 rings (SSSR count). The van der Waals surface area contributed by atoms with Crippen LogP contribution in [0.5, 0.6) is 0 Å². The van der Waals surface area contributed by atoms with Crippen molar-refractivity contribution < 1.29 is 5.03 Å². The van der Waals surface area contributed by atoms with Crippen LogP contribution in [0.3, 0.4) is 0 Å². The maximum atomic E-state index is 10.3. The van der Waals surface area contributed by atoms with Gasteiger partial charge < -0.3 is 0 Å². The van der Waals surface area contributed by atoms with E-state index >= 15 is 0 Å². The molecule has 0 aromatic rings. The average molecular weight is 223 g/mol. The predicted octanol–water partition coefficient (Wildman–Crippen LogP) is 0.437. The summed E-state index contributed by atoms with van der Waals surface area (Å²) < 4.78 is 0. The number of nitro groups is 1. The number of hydrazone groups is 1. The third kappa shape index (κ3) is 1.42. The first-order chi connectivity index (χ1) is 5.16. The second kappa shape index (κ2) is 3.04. The number of hydrogen-bond acceptors (Lipinski definition) is 4. The molecule has 6 nitrogen and oxygen atoms in total. The topological polar surface area (TPSA) is 62.0 Å². The van der Waals surface area contributed by atoms with Gasteiger partial charge in [-0.05, 0) is 27.9 Å². The summed E-state index contributed by atoms with van der Waals surface area (Å²) in [5, 5.41) is 15.5. The maximum absolute atomic E-state index is 10.3. The largest absolute Gasteiger partial charge is 0.258 e. The quantitative estimate of drug-likeness (QED) is 0.295. The van der Waals surface area contributed by atoms with Crippen LogP contribution in [0.2, 0.25) is 0 Å². The Morgan fingerprint density at radius 3 is 2.82 bits per heavy atom. The summed E-state index contributed by atoms with van der Waals surface area (Å²) in [5.41, 5.74) is 0. The number of halogens is 1. The van der Waals surface area contributed by atoms with Gasteiger partial charge in [0.1, 0.15) is 0 Å². The SMILES string of the molecule is CCN1N=CN([N+](=O)[O-])C1Br. The average Bonchev–Trinajstić information content (AvgIpc) is 2.30. The van der Waals surface area contributed by atoms with Crippen LogP contribution < -0.4 is 0 Å². The number of hydrazine groups is 1. The molecule has 0 bridgehead atoms. The molecule has 1 atom stereocenters. The Kier molecular flexibility index (Phi) is 2.28. The predicted molar refractivity (Wildman–Crippen MR) is 42.4 cm³/mol. The molecule has 0 saturated heterocycles. The summed E-state index contributed by atoms with van der Waals surface area (Å²) in [7, 11) is 0. The molecule has 0 spiro atoms. The van der Waals surface area contributed by atoms with Gasteiger partial charge in [0.05, 0.1) is 0 Å². The fourth-order valence-corrected chi connectivity index (χ4v) is 1.37. The fourth-order valence-electron chi connectivity index (χ4n) is 0.718. The molecule has 0 amide bonds. The van der Waals surface area contributed by atoms with E-state index in [1.165, 1.54) is 6.34 Å². The Morgan fingerprint density at radius 1 is 1.91 bits per heavy atom. The van der Waals surface area contributed by atoms with E-state index < -0.39 is 10.1 Å². The zero-order valence-electron chi connectivity index (χ0n) is 5.85. The molecule has 1 aliphatic rings. The van der Waals surface area contributed by atoms with Crippen molar-refractivity contribution in [1.82, 2.24) is 10.0 Å². The minimum absolute atomic E-state index is 0.456. The van der Waals surface area contributed by atoms with Gasteiger partial charge in [0.2, 0.25) is 5.08 Å². The van der Waals surface area contributed by atoms with Crippen LogP contribution in [0.4, 0.5) is 0 Å². The number of rotatable bonds is 2. The van der Waals surface area contributed by atoms with Crippen molar-refractivity contribution in [2.45, 2.75) is 12.0 Å². The fraction of sp³-hybridized carbons (Fsp3) is 0.750. The lowest BCUT2D eigenvalue weighted by Crippen LogP contribution is -2.38. The van der Waals surface area contributed by atoms with E-state index in [9.17, 15) is 10.1 Å². The van der Waals surface area contributed by atoms with Gasteiger partial charge in [-0.25, -0.2) is 10.1 Å². The molecule has 0 aromatic heterocycles. The lowest BCUT2D eigenvalue weighted by atomic mass is 10.7. The van der Waals surface area contributed by atoms with Gasteiger partial charge in [0.25, 0.3) is 0 Å². The van der Waals surface area contributed by atoms with E-state index in [4.69, 9.17) is 0 Å². The molecule has 1 unspecified atom stereocenters. The van der Waals surface area contributed by atoms with E-state index in [-0.39, 0.29) is 0 Å². The van der Waals surface area contributed by atoms with Crippen LogP contribution in [-0.4, -0.2) is 33.0 Å². The van der Waals surface area contributed by atoms with Crippen LogP contribution in [0.1, 0.15) is 6.92 Å². The van der Waals surface area contributed by atoms with Crippen LogP contribution in [0.25, 0.3) is 0 Å². The smallest absolute Gasteiger partial charge is 0.238 e. The van der Waals surface area contributed by atoms with Gasteiger partial charge in [-0.3, -0.25) is 5.01 Å². The van der Waals surface area contributed by atoms with Crippen molar-refractivity contribution in [2.75, 3.05) is 6.54 Å². The molecule has 1 aliphatic heterocycles. The monoisotopic (exact) mass is 222 g/mol. The van der Waals surface area contributed by atoms with E-state index in [1.807, 2.05) is 6.92 Å². The molecule has 0 N–H and O–H groups in total. The summed E-state index contributed by atoms with van der Waals surface area (Å²) >= 11 is 3.12. The van der Waals surface area contributed by atoms with Crippen LogP contribution in [0, 0.1) is 10.1 Å². The molecule has 7 heteroatoms. The van der Waals surface area contributed by atoms with Gasteiger partial charge >= 0.3 is 0 Å². The molecule has 0 fully saturated rings. The number of alkyl halides is 1. The molecule has 0 aliphatic carbocycles. The maximum Gasteiger partial charge on any atom is 0.238 e. The van der Waals surface area contributed by atoms with Crippen molar-refractivity contribution in [2.24, 2.45) is 5.10 Å². The Hall–Kier alpha value is -0.850. The van der Waals surface area contributed by atoms with Crippen LogP contribution >= 0.6 is 15.9 Å². The molecular formula is C4H7BrN4O2. The Morgan fingerprint density at radius 2 is 2.55 bits per heavy atom. The minimum atomic E-state index is -0.515. The number of hydrogen-bond donors (Lipinski definition) is 0. The standard InChI is InChI=1S/C4H7BrN4O2/c1-2-7-4(5)8(3-6-7)9(10)11/h3-4H,2H2,1H3. The lowest BCUT2D eigenvalue weighted by molar-refractivity contribution is -0.631. The van der Waals surface area contributed by atoms with Crippen molar-refractivity contribution in [3.8, 4) is 0 Å². The molecule has 0 aromatic carbocycles. The Balaban J connectivity index is 2.63. The second-order valence-corrected chi connectivity index (χ2v) is 2.73. The normalized spacial score (nSPS) is 22.9. The van der Waals surface area contributed by atoms with Gasteiger partial charge in [0, 0.05) is 6.54 Å². The summed E-state index contributed by atoms with van der Waals surface area (Å²) in [5.74, 6) is 0. The highest BCUT2D eigenvalue weighted by molar-refractivity contribution is 9.09. The van der Waals surface area contributed by atoms with Crippen LogP contribution in [-0.2, 0) is 0 Å². The summed E-state index contributed by atoms with van der Waals surface area (Å²) in [6.07, 6.45) is 1.18.